The molecule has 11 atom stereocenters. The molecule has 16 fully saturated rings. The van der Waals surface area contributed by atoms with E-state index >= 15 is 0 Å². The topological polar surface area (TPSA) is 241 Å². The van der Waals surface area contributed by atoms with E-state index in [4.69, 9.17) is 52.1 Å². The molecule has 19 heteroatoms. The number of rotatable bonds is 20. The van der Waals surface area contributed by atoms with Crippen LogP contribution in [0.2, 0.25) is 0 Å². The first-order valence-electron chi connectivity index (χ1n) is 40.1. The van der Waals surface area contributed by atoms with Crippen LogP contribution in [0.15, 0.2) is 0 Å². The number of methoxy groups -OCH3 is 1. The van der Waals surface area contributed by atoms with Crippen LogP contribution in [-0.2, 0) is 85.7 Å². The summed E-state index contributed by atoms with van der Waals surface area (Å²) in [6.45, 7) is 33.1. The zero-order chi connectivity index (χ0) is 74.1. The van der Waals surface area contributed by atoms with Gasteiger partial charge >= 0.3 is 41.8 Å². The highest BCUT2D eigenvalue weighted by molar-refractivity contribution is 5.80. The lowest BCUT2D eigenvalue weighted by Gasteiger charge is -2.60. The molecule has 101 heavy (non-hydrogen) atoms. The molecule has 576 valence electrons. The Kier molecular flexibility index (Phi) is 25.6. The van der Waals surface area contributed by atoms with Gasteiger partial charge in [-0.3, -0.25) is 28.8 Å². The molecule has 1 N–H and O–H groups in total. The molecule has 0 aromatic rings. The second kappa shape index (κ2) is 31.9. The van der Waals surface area contributed by atoms with Gasteiger partial charge in [0.15, 0.2) is 24.8 Å². The van der Waals surface area contributed by atoms with Gasteiger partial charge in [0, 0.05) is 32.3 Å². The van der Waals surface area contributed by atoms with E-state index in [0.717, 1.165) is 134 Å². The predicted octanol–water partition coefficient (Wildman–Crippen LogP) is 16.3. The summed E-state index contributed by atoms with van der Waals surface area (Å²) in [5.74, 6) is 2.83. The molecule has 1 spiro atoms. The lowest BCUT2D eigenvalue weighted by Crippen LogP contribution is -2.61. The summed E-state index contributed by atoms with van der Waals surface area (Å²) >= 11 is 0. The van der Waals surface area contributed by atoms with E-state index < -0.39 is 64.4 Å². The van der Waals surface area contributed by atoms with Crippen LogP contribution in [0.3, 0.4) is 0 Å². The van der Waals surface area contributed by atoms with Gasteiger partial charge in [-0.1, -0.05) is 54.9 Å². The largest absolute Gasteiger partial charge is 0.459 e. The first kappa shape index (κ1) is 81.2. The molecule has 16 aliphatic rings. The van der Waals surface area contributed by atoms with Crippen molar-refractivity contribution in [2.45, 2.75) is 382 Å². The lowest BCUT2D eigenvalue weighted by atomic mass is 9.49. The van der Waals surface area contributed by atoms with E-state index in [1.165, 1.54) is 57.8 Å². The summed E-state index contributed by atoms with van der Waals surface area (Å²) < 4.78 is 63.2. The molecule has 4 heterocycles. The Balaban J connectivity index is 0.000000148. The van der Waals surface area contributed by atoms with Gasteiger partial charge in [0.25, 0.3) is 0 Å². The van der Waals surface area contributed by atoms with Crippen molar-refractivity contribution in [2.24, 2.45) is 80.3 Å². The van der Waals surface area contributed by atoms with Crippen molar-refractivity contribution < 1.29 is 90.8 Å². The molecule has 0 aromatic carbocycles. The molecule has 4 aliphatic heterocycles. The van der Waals surface area contributed by atoms with Crippen molar-refractivity contribution in [1.29, 1.82) is 0 Å². The fraction of sp³-hybridized carbons (Fsp3) is 0.915. The summed E-state index contributed by atoms with van der Waals surface area (Å²) in [6.07, 6.45) is 28.2. The average Bonchev–Trinajstić information content (AvgIpc) is 1.52. The normalized spacial score (nSPS) is 36.3. The number of carbonyl (C=O) groups is 7. The number of hydrogen-bond acceptors (Lipinski definition) is 19. The van der Waals surface area contributed by atoms with Gasteiger partial charge in [-0.25, -0.2) is 4.79 Å². The molecular weight excluding hydrogens is 1290 g/mol. The van der Waals surface area contributed by atoms with Crippen LogP contribution in [-0.4, -0.2) is 126 Å². The number of esters is 7. The summed E-state index contributed by atoms with van der Waals surface area (Å²) in [5.41, 5.74) is -3.42. The minimum absolute atomic E-state index is 0.0197. The van der Waals surface area contributed by atoms with Gasteiger partial charge in [0.05, 0.1) is 38.6 Å². The maximum atomic E-state index is 12.6. The van der Waals surface area contributed by atoms with Crippen LogP contribution in [0.25, 0.3) is 0 Å². The van der Waals surface area contributed by atoms with Crippen LogP contribution >= 0.6 is 0 Å². The molecule has 0 aromatic heterocycles. The van der Waals surface area contributed by atoms with Gasteiger partial charge in [-0.05, 0) is 284 Å². The molecule has 19 nitrogen and oxygen atoms in total. The second-order valence-electron chi connectivity index (χ2n) is 37.0. The molecule has 0 radical (unpaired) electrons. The first-order valence-corrected chi connectivity index (χ1v) is 40.1. The average molecular weight is 1420 g/mol. The van der Waals surface area contributed by atoms with Crippen LogP contribution in [0.4, 0.5) is 0 Å². The van der Waals surface area contributed by atoms with Crippen LogP contribution in [0, 0.1) is 80.3 Å². The van der Waals surface area contributed by atoms with Gasteiger partial charge in [0.1, 0.15) is 35.1 Å². The number of fused-ring (bicyclic) bond motifs is 2. The number of carbonyl (C=O) groups excluding carboxylic acids is 7. The third-order valence-electron chi connectivity index (χ3n) is 27.6. The van der Waals surface area contributed by atoms with Crippen molar-refractivity contribution in [3.05, 3.63) is 0 Å². The van der Waals surface area contributed by atoms with E-state index in [1.807, 2.05) is 83.1 Å². The molecular formula is C82H134O19. The standard InChI is InChI=1S/C18H26O6.C18H30O2.C17H28O6.C16H26O3.C13H24O2/c1-4-18(2,3)17(21)22-9-14(19)24-15-11-5-10-6-12(8-11)16(20)23-13(15)7-10;1-5-17(3,4)16(19)20-18(6-2)14-8-12-7-13(10-14)11-15(18)9-12;1-5-16(2,3)15(18)21-14-12-11(13(19-4)20-14)22-17(23-12)9-7-6-8-10-17;1-4-14(2,3)13(17)19-16-8-11-5-12(9-16)7-15(18,6-11)10-16;1-5-12(3,4)11(14)15-13(6-2)9-7-8-10-13/h10-13,15H,4-9H2,1-3H3;12-15H,5-11H2,1-4H3;11-14H,5-10H2,1-4H3;11-12,18H,4-10H2,1-3H3;5-10H2,1-4H3. The fourth-order valence-electron chi connectivity index (χ4n) is 19.5. The Morgan fingerprint density at radius 3 is 1.48 bits per heavy atom. The second-order valence-corrected chi connectivity index (χ2v) is 37.0. The SMILES string of the molecule is CCC(C)(C)C(=O)OC1(CC)C2CC3CC(C2)CC1C3.CCC(C)(C)C(=O)OC12CC3CC(CC(O)(C3)C1)C2.CCC(C)(C)C(=O)OC1OC(OC)C2OC3(CCCCC3)OC12.CCC(C)(C)C(=O)OCC(=O)OC1C2CC3CC(C2)C(=O)OC1C3.CCC1(OC(=O)C(C)(C)CC)CCCC1. The Bertz CT molecular complexity index is 2830. The maximum Gasteiger partial charge on any atom is 0.344 e. The van der Waals surface area contributed by atoms with E-state index in [1.54, 1.807) is 21.0 Å². The summed E-state index contributed by atoms with van der Waals surface area (Å²) in [6, 6.07) is 0. The van der Waals surface area contributed by atoms with Crippen LogP contribution < -0.4 is 0 Å². The van der Waals surface area contributed by atoms with Crippen molar-refractivity contribution in [3.63, 3.8) is 0 Å². The Morgan fingerprint density at radius 1 is 0.495 bits per heavy atom. The Labute approximate surface area is 605 Å². The molecule has 12 aliphatic carbocycles. The fourth-order valence-corrected chi connectivity index (χ4v) is 19.5. The van der Waals surface area contributed by atoms with Gasteiger partial charge in [0.2, 0.25) is 6.29 Å². The Morgan fingerprint density at radius 2 is 0.970 bits per heavy atom. The molecule has 4 saturated heterocycles. The number of ether oxygens (including phenoxy) is 11. The number of aliphatic hydroxyl groups is 1. The maximum absolute atomic E-state index is 12.6. The monoisotopic (exact) mass is 1420 g/mol. The summed E-state index contributed by atoms with van der Waals surface area (Å²) in [7, 11) is 1.57. The van der Waals surface area contributed by atoms with Gasteiger partial charge in [-0.2, -0.15) is 0 Å². The van der Waals surface area contributed by atoms with E-state index in [2.05, 4.69) is 20.8 Å². The van der Waals surface area contributed by atoms with E-state index in [0.29, 0.717) is 48.9 Å². The molecule has 12 bridgehead atoms. The third-order valence-corrected chi connectivity index (χ3v) is 27.6. The molecule has 11 unspecified atom stereocenters. The summed E-state index contributed by atoms with van der Waals surface area (Å²) in [4.78, 5) is 85.4. The van der Waals surface area contributed by atoms with Crippen molar-refractivity contribution in [1.82, 2.24) is 0 Å². The predicted molar refractivity (Wildman–Crippen MR) is 380 cm³/mol. The third kappa shape index (κ3) is 18.2. The summed E-state index contributed by atoms with van der Waals surface area (Å²) in [5, 5.41) is 10.6. The Hall–Kier alpha value is -3.91. The highest BCUT2D eigenvalue weighted by atomic mass is 16.8. The zero-order valence-corrected chi connectivity index (χ0v) is 65.6. The van der Waals surface area contributed by atoms with Crippen molar-refractivity contribution >= 4 is 41.8 Å². The highest BCUT2D eigenvalue weighted by Crippen LogP contribution is 2.62. The molecule has 16 rings (SSSR count). The zero-order valence-electron chi connectivity index (χ0n) is 65.6. The van der Waals surface area contributed by atoms with Crippen molar-refractivity contribution in [3.8, 4) is 0 Å². The van der Waals surface area contributed by atoms with E-state index in [9.17, 15) is 38.7 Å². The van der Waals surface area contributed by atoms with Crippen LogP contribution in [0.1, 0.15) is 317 Å². The quantitative estimate of drug-likeness (QED) is 0.0880. The first-order chi connectivity index (χ1) is 47.3. The highest BCUT2D eigenvalue weighted by Gasteiger charge is 2.63. The lowest BCUT2D eigenvalue weighted by molar-refractivity contribution is -0.282. The minimum Gasteiger partial charge on any atom is -0.459 e. The van der Waals surface area contributed by atoms with E-state index in [-0.39, 0.29) is 88.1 Å². The molecule has 12 saturated carbocycles. The minimum atomic E-state index is -0.774. The van der Waals surface area contributed by atoms with Crippen LogP contribution in [0.5, 0.6) is 0 Å². The molecule has 0 amide bonds. The van der Waals surface area contributed by atoms with Gasteiger partial charge in [-0.15, -0.1) is 0 Å². The van der Waals surface area contributed by atoms with Gasteiger partial charge < -0.3 is 57.2 Å². The van der Waals surface area contributed by atoms with Crippen molar-refractivity contribution in [2.75, 3.05) is 13.7 Å². The smallest absolute Gasteiger partial charge is 0.344 e. The number of hydrogen-bond donors (Lipinski definition) is 1.